The molecule has 1 saturated carbocycles. The highest BCUT2D eigenvalue weighted by Crippen LogP contribution is 2.24. The smallest absolute Gasteiger partial charge is 0.254 e. The van der Waals surface area contributed by atoms with Crippen LogP contribution in [0.3, 0.4) is 0 Å². The summed E-state index contributed by atoms with van der Waals surface area (Å²) in [6.45, 7) is 3.03. The Morgan fingerprint density at radius 2 is 2.04 bits per heavy atom. The fourth-order valence-corrected chi connectivity index (χ4v) is 4.43. The third-order valence-electron chi connectivity index (χ3n) is 5.96. The zero-order valence-electron chi connectivity index (χ0n) is 16.2. The maximum absolute atomic E-state index is 12.7. The second kappa shape index (κ2) is 8.25. The predicted molar refractivity (Wildman–Crippen MR) is 103 cm³/mol. The molecule has 7 nitrogen and oxygen atoms in total. The molecule has 1 amide bonds. The topological polar surface area (TPSA) is 78.8 Å². The van der Waals surface area contributed by atoms with Crippen LogP contribution in [0.2, 0.25) is 0 Å². The standard InChI is InChI=1S/C20H30N6O/c1-25-13-17(20(27)23-16-4-2-3-5-16)18(24-25)12-15-6-10-26(11-7-15)14-19-21-8-9-22-19/h8-9,13,15-16H,2-7,10-12,14H2,1H3,(H,21,22)(H,23,27). The van der Waals surface area contributed by atoms with Gasteiger partial charge < -0.3 is 10.3 Å². The number of carbonyl (C=O) groups is 1. The largest absolute Gasteiger partial charge is 0.349 e. The van der Waals surface area contributed by atoms with Gasteiger partial charge in [0.2, 0.25) is 0 Å². The molecule has 2 aliphatic rings. The third kappa shape index (κ3) is 4.58. The number of hydrogen-bond donors (Lipinski definition) is 2. The van der Waals surface area contributed by atoms with Crippen molar-refractivity contribution in [2.75, 3.05) is 13.1 Å². The Morgan fingerprint density at radius 1 is 1.26 bits per heavy atom. The minimum absolute atomic E-state index is 0.0558. The molecule has 0 aromatic carbocycles. The number of imidazole rings is 1. The first-order chi connectivity index (χ1) is 13.2. The van der Waals surface area contributed by atoms with Gasteiger partial charge in [0, 0.05) is 31.7 Å². The summed E-state index contributed by atoms with van der Waals surface area (Å²) in [5.74, 6) is 1.68. The van der Waals surface area contributed by atoms with Gasteiger partial charge in [-0.3, -0.25) is 14.4 Å². The van der Waals surface area contributed by atoms with Crippen molar-refractivity contribution >= 4 is 5.91 Å². The molecule has 3 heterocycles. The number of piperidine rings is 1. The normalized spacial score (nSPS) is 19.6. The molecule has 146 valence electrons. The van der Waals surface area contributed by atoms with Gasteiger partial charge in [0.25, 0.3) is 5.91 Å². The van der Waals surface area contributed by atoms with Crippen molar-refractivity contribution in [2.24, 2.45) is 13.0 Å². The predicted octanol–water partition coefficient (Wildman–Crippen LogP) is 2.27. The Bertz CT molecular complexity index is 739. The molecule has 2 fully saturated rings. The Labute approximate surface area is 160 Å². The van der Waals surface area contributed by atoms with Crippen LogP contribution in [0.25, 0.3) is 0 Å². The summed E-state index contributed by atoms with van der Waals surface area (Å²) in [6, 6.07) is 0.343. The Balaban J connectivity index is 1.32. The van der Waals surface area contributed by atoms with E-state index in [1.807, 2.05) is 19.4 Å². The molecule has 0 radical (unpaired) electrons. The molecule has 2 aromatic heterocycles. The number of aryl methyl sites for hydroxylation is 1. The number of amides is 1. The van der Waals surface area contributed by atoms with Crippen LogP contribution in [0.4, 0.5) is 0 Å². The summed E-state index contributed by atoms with van der Waals surface area (Å²) < 4.78 is 1.78. The quantitative estimate of drug-likeness (QED) is 0.818. The molecule has 2 aromatic rings. The molecule has 7 heteroatoms. The first-order valence-corrected chi connectivity index (χ1v) is 10.2. The van der Waals surface area contributed by atoms with E-state index in [0.29, 0.717) is 12.0 Å². The summed E-state index contributed by atoms with van der Waals surface area (Å²) >= 11 is 0. The van der Waals surface area contributed by atoms with E-state index in [1.165, 1.54) is 12.8 Å². The number of rotatable bonds is 6. The fourth-order valence-electron chi connectivity index (χ4n) is 4.43. The minimum atomic E-state index is 0.0558. The van der Waals surface area contributed by atoms with Gasteiger partial charge in [0.1, 0.15) is 5.82 Å². The molecule has 1 aliphatic heterocycles. The highest BCUT2D eigenvalue weighted by Gasteiger charge is 2.25. The molecular formula is C20H30N6O. The number of H-pyrrole nitrogens is 1. The first kappa shape index (κ1) is 18.2. The lowest BCUT2D eigenvalue weighted by Crippen LogP contribution is -2.35. The molecule has 2 N–H and O–H groups in total. The summed E-state index contributed by atoms with van der Waals surface area (Å²) in [5.41, 5.74) is 1.72. The molecule has 4 rings (SSSR count). The average Bonchev–Trinajstić information content (AvgIpc) is 3.40. The van der Waals surface area contributed by atoms with E-state index in [4.69, 9.17) is 0 Å². The van der Waals surface area contributed by atoms with Gasteiger partial charge >= 0.3 is 0 Å². The van der Waals surface area contributed by atoms with Crippen LogP contribution in [0.15, 0.2) is 18.6 Å². The highest BCUT2D eigenvalue weighted by molar-refractivity contribution is 5.95. The molecule has 0 unspecified atom stereocenters. The van der Waals surface area contributed by atoms with Crippen LogP contribution in [0.5, 0.6) is 0 Å². The summed E-state index contributed by atoms with van der Waals surface area (Å²) in [6.07, 6.45) is 13.4. The van der Waals surface area contributed by atoms with Gasteiger partial charge in [-0.15, -0.1) is 0 Å². The number of carbonyl (C=O) groups excluding carboxylic acids is 1. The number of nitrogens with one attached hydrogen (secondary N) is 2. The zero-order valence-corrected chi connectivity index (χ0v) is 16.2. The van der Waals surface area contributed by atoms with Gasteiger partial charge in [-0.05, 0) is 51.1 Å². The van der Waals surface area contributed by atoms with Crippen molar-refractivity contribution in [2.45, 2.75) is 57.5 Å². The van der Waals surface area contributed by atoms with Crippen LogP contribution in [0.1, 0.15) is 60.4 Å². The summed E-state index contributed by atoms with van der Waals surface area (Å²) in [4.78, 5) is 22.7. The van der Waals surface area contributed by atoms with E-state index < -0.39 is 0 Å². The van der Waals surface area contributed by atoms with Crippen LogP contribution < -0.4 is 5.32 Å². The van der Waals surface area contributed by atoms with Gasteiger partial charge in [-0.25, -0.2) is 4.98 Å². The van der Waals surface area contributed by atoms with Gasteiger partial charge in [0.05, 0.1) is 17.8 Å². The molecular weight excluding hydrogens is 340 g/mol. The fraction of sp³-hybridized carbons (Fsp3) is 0.650. The monoisotopic (exact) mass is 370 g/mol. The highest BCUT2D eigenvalue weighted by atomic mass is 16.1. The molecule has 0 bridgehead atoms. The lowest BCUT2D eigenvalue weighted by atomic mass is 9.91. The van der Waals surface area contributed by atoms with Crippen molar-refractivity contribution in [1.29, 1.82) is 0 Å². The van der Waals surface area contributed by atoms with Crippen LogP contribution in [-0.4, -0.2) is 49.7 Å². The maximum Gasteiger partial charge on any atom is 0.254 e. The van der Waals surface area contributed by atoms with E-state index >= 15 is 0 Å². The summed E-state index contributed by atoms with van der Waals surface area (Å²) in [7, 11) is 1.90. The SMILES string of the molecule is Cn1cc(C(=O)NC2CCCC2)c(CC2CCN(Cc3ncc[nH]3)CC2)n1. The Morgan fingerprint density at radius 3 is 2.74 bits per heavy atom. The van der Waals surface area contributed by atoms with Crippen molar-refractivity contribution in [3.8, 4) is 0 Å². The number of hydrogen-bond acceptors (Lipinski definition) is 4. The molecule has 0 atom stereocenters. The van der Waals surface area contributed by atoms with Crippen LogP contribution in [0, 0.1) is 5.92 Å². The van der Waals surface area contributed by atoms with Crippen LogP contribution in [-0.2, 0) is 20.0 Å². The number of aromatic nitrogens is 4. The number of aromatic amines is 1. The van der Waals surface area contributed by atoms with E-state index in [9.17, 15) is 4.79 Å². The van der Waals surface area contributed by atoms with Crippen molar-refractivity contribution < 1.29 is 4.79 Å². The van der Waals surface area contributed by atoms with E-state index in [-0.39, 0.29) is 5.91 Å². The third-order valence-corrected chi connectivity index (χ3v) is 5.96. The average molecular weight is 371 g/mol. The van der Waals surface area contributed by atoms with Crippen molar-refractivity contribution in [1.82, 2.24) is 30.0 Å². The molecule has 1 aliphatic carbocycles. The second-order valence-corrected chi connectivity index (χ2v) is 8.08. The molecule has 1 saturated heterocycles. The zero-order chi connectivity index (χ0) is 18.6. The minimum Gasteiger partial charge on any atom is -0.349 e. The number of nitrogens with zero attached hydrogens (tertiary/aromatic N) is 4. The van der Waals surface area contributed by atoms with Gasteiger partial charge in [-0.2, -0.15) is 5.10 Å². The molecule has 27 heavy (non-hydrogen) atoms. The second-order valence-electron chi connectivity index (χ2n) is 8.08. The lowest BCUT2D eigenvalue weighted by molar-refractivity contribution is 0.0936. The molecule has 0 spiro atoms. The lowest BCUT2D eigenvalue weighted by Gasteiger charge is -2.31. The van der Waals surface area contributed by atoms with E-state index in [0.717, 1.165) is 68.8 Å². The number of likely N-dealkylation sites (tertiary alicyclic amines) is 1. The Hall–Kier alpha value is -2.15. The summed E-state index contributed by atoms with van der Waals surface area (Å²) in [5, 5.41) is 7.81. The van der Waals surface area contributed by atoms with Gasteiger partial charge in [-0.1, -0.05) is 12.8 Å². The van der Waals surface area contributed by atoms with E-state index in [1.54, 1.807) is 10.9 Å². The van der Waals surface area contributed by atoms with Crippen LogP contribution >= 0.6 is 0 Å². The van der Waals surface area contributed by atoms with Gasteiger partial charge in [0.15, 0.2) is 0 Å². The first-order valence-electron chi connectivity index (χ1n) is 10.2. The Kier molecular flexibility index (Phi) is 5.57. The van der Waals surface area contributed by atoms with Crippen molar-refractivity contribution in [3.05, 3.63) is 35.7 Å². The maximum atomic E-state index is 12.7. The van der Waals surface area contributed by atoms with Crippen molar-refractivity contribution in [3.63, 3.8) is 0 Å². The van der Waals surface area contributed by atoms with E-state index in [2.05, 4.69) is 25.3 Å².